The van der Waals surface area contributed by atoms with Crippen LogP contribution in [0.1, 0.15) is 0 Å². The number of nitrogens with one attached hydrogen (secondary N) is 1. The Hall–Kier alpha value is -0.305. The quantitative estimate of drug-likeness (QED) is 0.578. The molecule has 0 saturated carbocycles. The summed E-state index contributed by atoms with van der Waals surface area (Å²) in [6.07, 6.45) is 3.66. The molecule has 84 valence electrons. The Labute approximate surface area is 108 Å². The summed E-state index contributed by atoms with van der Waals surface area (Å²) >= 11 is 2.31. The lowest BCUT2D eigenvalue weighted by molar-refractivity contribution is 0.159. The van der Waals surface area contributed by atoms with Gasteiger partial charge in [-0.25, -0.2) is 0 Å². The molecule has 3 aliphatic heterocycles. The van der Waals surface area contributed by atoms with E-state index < -0.39 is 0 Å². The minimum Gasteiger partial charge on any atom is -0.497 e. The Morgan fingerprint density at radius 1 is 1.50 bits per heavy atom. The minimum absolute atomic E-state index is 0.0912. The van der Waals surface area contributed by atoms with Crippen molar-refractivity contribution in [3.05, 3.63) is 32.5 Å². The average molecular weight is 331 g/mol. The molecule has 0 spiro atoms. The zero-order valence-electron chi connectivity index (χ0n) is 8.83. The molecule has 3 aliphatic rings. The Morgan fingerprint density at radius 2 is 2.38 bits per heavy atom. The Morgan fingerprint density at radius 3 is 3.19 bits per heavy atom. The lowest BCUT2D eigenvalue weighted by Crippen LogP contribution is -2.41. The summed E-state index contributed by atoms with van der Waals surface area (Å²) in [7, 11) is 1.64. The highest BCUT2D eigenvalue weighted by atomic mass is 127. The minimum atomic E-state index is -0.243. The van der Waals surface area contributed by atoms with Crippen molar-refractivity contribution in [1.29, 1.82) is 0 Å². The molecule has 0 aromatic heterocycles. The van der Waals surface area contributed by atoms with E-state index in [9.17, 15) is 0 Å². The maximum Gasteiger partial charge on any atom is 0.496 e. The van der Waals surface area contributed by atoms with E-state index in [0.717, 1.165) is 9.05 Å². The van der Waals surface area contributed by atoms with Crippen LogP contribution < -0.4 is 5.32 Å². The summed E-state index contributed by atoms with van der Waals surface area (Å²) in [5.74, 6) is 0. The Kier molecular flexibility index (Phi) is 2.82. The molecule has 3 rings (SSSR count). The summed E-state index contributed by atoms with van der Waals surface area (Å²) in [6.45, 7) is 1.20. The number of likely N-dealkylation sites (N-methyl/N-ethyl adjacent to an activating group) is 1. The molecule has 16 heavy (non-hydrogen) atoms. The van der Waals surface area contributed by atoms with E-state index in [1.54, 1.807) is 6.26 Å². The van der Waals surface area contributed by atoms with Gasteiger partial charge in [-0.15, -0.1) is 0 Å². The molecular formula is C10H11BINO3. The number of halogens is 1. The van der Waals surface area contributed by atoms with Gasteiger partial charge in [0.25, 0.3) is 0 Å². The molecule has 0 aliphatic carbocycles. The van der Waals surface area contributed by atoms with Gasteiger partial charge in [0.2, 0.25) is 0 Å². The first-order chi connectivity index (χ1) is 7.81. The van der Waals surface area contributed by atoms with Crippen LogP contribution in [0.3, 0.4) is 0 Å². The van der Waals surface area contributed by atoms with Gasteiger partial charge < -0.3 is 14.0 Å². The van der Waals surface area contributed by atoms with Crippen LogP contribution >= 0.6 is 22.6 Å². The van der Waals surface area contributed by atoms with E-state index in [-0.39, 0.29) is 13.3 Å². The molecule has 0 aromatic carbocycles. The van der Waals surface area contributed by atoms with E-state index in [1.807, 2.05) is 13.1 Å². The Balaban J connectivity index is 2.13. The fraction of sp³-hybridized carbons (Fsp3) is 0.400. The molecular weight excluding hydrogens is 320 g/mol. The fourth-order valence-electron chi connectivity index (χ4n) is 2.13. The molecule has 1 atom stereocenters. The van der Waals surface area contributed by atoms with Crippen molar-refractivity contribution in [2.24, 2.45) is 0 Å². The molecule has 1 N–H and O–H groups in total. The van der Waals surface area contributed by atoms with E-state index in [1.165, 1.54) is 11.1 Å². The number of hydrogen-bond acceptors (Lipinski definition) is 4. The van der Waals surface area contributed by atoms with Crippen LogP contribution in [0, 0.1) is 0 Å². The van der Waals surface area contributed by atoms with Crippen LogP contribution in [0.25, 0.3) is 0 Å². The van der Waals surface area contributed by atoms with Crippen LogP contribution in [-0.2, 0) is 14.0 Å². The molecule has 0 aromatic rings. The lowest BCUT2D eigenvalue weighted by atomic mass is 9.71. The molecule has 6 heteroatoms. The van der Waals surface area contributed by atoms with Gasteiger partial charge in [0.15, 0.2) is 0 Å². The van der Waals surface area contributed by atoms with Gasteiger partial charge >= 0.3 is 7.12 Å². The van der Waals surface area contributed by atoms with Crippen molar-refractivity contribution in [2.75, 3.05) is 20.3 Å². The second-order valence-electron chi connectivity index (χ2n) is 3.84. The van der Waals surface area contributed by atoms with Crippen LogP contribution in [0.2, 0.25) is 0 Å². The van der Waals surface area contributed by atoms with Crippen LogP contribution in [0.4, 0.5) is 0 Å². The second-order valence-corrected chi connectivity index (χ2v) is 5.00. The van der Waals surface area contributed by atoms with Crippen molar-refractivity contribution in [1.82, 2.24) is 5.32 Å². The van der Waals surface area contributed by atoms with Crippen LogP contribution in [0.5, 0.6) is 0 Å². The highest BCUT2D eigenvalue weighted by molar-refractivity contribution is 14.1. The zero-order valence-corrected chi connectivity index (χ0v) is 11.0. The van der Waals surface area contributed by atoms with E-state index in [4.69, 9.17) is 14.0 Å². The average Bonchev–Trinajstić information content (AvgIpc) is 2.57. The molecule has 0 bridgehead atoms. The molecule has 0 unspecified atom stereocenters. The molecule has 0 saturated heterocycles. The fourth-order valence-corrected chi connectivity index (χ4v) is 3.06. The summed E-state index contributed by atoms with van der Waals surface area (Å²) in [4.78, 5) is 0. The third kappa shape index (κ3) is 1.55. The number of hydrogen-bond donors (Lipinski definition) is 1. The summed E-state index contributed by atoms with van der Waals surface area (Å²) < 4.78 is 18.0. The highest BCUT2D eigenvalue weighted by Crippen LogP contribution is 2.38. The third-order valence-electron chi connectivity index (χ3n) is 2.91. The first-order valence-corrected chi connectivity index (χ1v) is 6.23. The monoisotopic (exact) mass is 331 g/mol. The predicted octanol–water partition coefficient (Wildman–Crippen LogP) is 1.15. The zero-order chi connectivity index (χ0) is 11.1. The maximum absolute atomic E-state index is 5.82. The highest BCUT2D eigenvalue weighted by Gasteiger charge is 2.42. The summed E-state index contributed by atoms with van der Waals surface area (Å²) in [5.41, 5.74) is 3.53. The predicted molar refractivity (Wildman–Crippen MR) is 68.8 cm³/mol. The molecule has 3 heterocycles. The van der Waals surface area contributed by atoms with Crippen molar-refractivity contribution >= 4 is 29.7 Å². The van der Waals surface area contributed by atoms with E-state index in [0.29, 0.717) is 13.2 Å². The summed E-state index contributed by atoms with van der Waals surface area (Å²) in [5, 5.41) is 3.13. The van der Waals surface area contributed by atoms with E-state index in [2.05, 4.69) is 27.9 Å². The molecule has 0 fully saturated rings. The first-order valence-electron chi connectivity index (χ1n) is 5.15. The van der Waals surface area contributed by atoms with Gasteiger partial charge in [-0.1, -0.05) is 0 Å². The lowest BCUT2D eigenvalue weighted by Gasteiger charge is -2.27. The van der Waals surface area contributed by atoms with Crippen molar-refractivity contribution in [2.45, 2.75) is 6.23 Å². The topological polar surface area (TPSA) is 39.7 Å². The number of ether oxygens (including phenoxy) is 1. The van der Waals surface area contributed by atoms with Gasteiger partial charge in [0.1, 0.15) is 12.8 Å². The molecule has 4 nitrogen and oxygen atoms in total. The van der Waals surface area contributed by atoms with Crippen molar-refractivity contribution < 1.29 is 14.0 Å². The standard InChI is InChI=1S/C10H11BINO3/c1-13-10-9(12)7-2-3-14-4-6-5-15-11(16-10)8(6)7/h2-3,10,13H,4-5H2,1H3/t10-/m0/s1. The van der Waals surface area contributed by atoms with Crippen LogP contribution in [-0.4, -0.2) is 33.6 Å². The third-order valence-corrected chi connectivity index (χ3v) is 4.06. The van der Waals surface area contributed by atoms with Gasteiger partial charge in [0.05, 0.1) is 12.9 Å². The molecule has 0 amide bonds. The first kappa shape index (κ1) is 10.8. The smallest absolute Gasteiger partial charge is 0.496 e. The van der Waals surface area contributed by atoms with Gasteiger partial charge in [-0.3, -0.25) is 5.32 Å². The van der Waals surface area contributed by atoms with Crippen LogP contribution in [0.15, 0.2) is 32.5 Å². The normalized spacial score (nSPS) is 28.1. The summed E-state index contributed by atoms with van der Waals surface area (Å²) in [6, 6.07) is 0. The SMILES string of the molecule is CN[C@H]1OB2OCC3=C2C(=C1I)C=COC3. The second kappa shape index (κ2) is 4.17. The van der Waals surface area contributed by atoms with Crippen molar-refractivity contribution in [3.8, 4) is 0 Å². The Bertz CT molecular complexity index is 418. The maximum atomic E-state index is 5.82. The number of rotatable bonds is 1. The van der Waals surface area contributed by atoms with Gasteiger partial charge in [-0.05, 0) is 52.3 Å². The van der Waals surface area contributed by atoms with Crippen molar-refractivity contribution in [3.63, 3.8) is 0 Å². The van der Waals surface area contributed by atoms with Gasteiger partial charge in [0, 0.05) is 3.58 Å². The largest absolute Gasteiger partial charge is 0.497 e. The molecule has 0 radical (unpaired) electrons. The van der Waals surface area contributed by atoms with Gasteiger partial charge in [-0.2, -0.15) is 0 Å². The number of allylic oxidation sites excluding steroid dienone is 3. The van der Waals surface area contributed by atoms with E-state index >= 15 is 0 Å².